The minimum atomic E-state index is -3.56. The van der Waals surface area contributed by atoms with Crippen molar-refractivity contribution in [2.45, 2.75) is 17.4 Å². The number of nitrogens with zero attached hydrogens (tertiary/aromatic N) is 1. The van der Waals surface area contributed by atoms with Gasteiger partial charge in [-0.1, -0.05) is 36.4 Å². The molecule has 0 saturated carbocycles. The molecule has 0 saturated heterocycles. The number of nitrogens with two attached hydrogens (primary N) is 1. The predicted molar refractivity (Wildman–Crippen MR) is 79.1 cm³/mol. The minimum absolute atomic E-state index is 0.177. The molecule has 0 bridgehead atoms. The minimum Gasteiger partial charge on any atom is -0.326 e. The van der Waals surface area contributed by atoms with Crippen LogP contribution in [0.3, 0.4) is 0 Å². The number of anilines is 1. The van der Waals surface area contributed by atoms with E-state index in [1.807, 2.05) is 24.3 Å². The molecule has 0 aliphatic carbocycles. The van der Waals surface area contributed by atoms with E-state index < -0.39 is 10.0 Å². The Morgan fingerprint density at radius 3 is 2.40 bits per heavy atom. The van der Waals surface area contributed by atoms with Gasteiger partial charge in [-0.3, -0.25) is 4.31 Å². The van der Waals surface area contributed by atoms with Crippen LogP contribution in [0.1, 0.15) is 5.56 Å². The van der Waals surface area contributed by atoms with E-state index in [1.165, 1.54) is 4.31 Å². The summed E-state index contributed by atoms with van der Waals surface area (Å²) >= 11 is 0. The monoisotopic (exact) mass is 288 g/mol. The zero-order valence-electron chi connectivity index (χ0n) is 10.9. The topological polar surface area (TPSA) is 63.4 Å². The first kappa shape index (κ1) is 13.1. The molecule has 2 aromatic carbocycles. The number of para-hydroxylation sites is 1. The molecule has 20 heavy (non-hydrogen) atoms. The molecule has 2 aromatic rings. The van der Waals surface area contributed by atoms with E-state index in [1.54, 1.807) is 30.3 Å². The Hall–Kier alpha value is -1.85. The highest BCUT2D eigenvalue weighted by Gasteiger charge is 2.31. The van der Waals surface area contributed by atoms with E-state index in [0.717, 1.165) is 11.3 Å². The molecule has 3 rings (SSSR count). The number of fused-ring (bicyclic) bond motifs is 1. The lowest BCUT2D eigenvalue weighted by Crippen LogP contribution is -2.46. The molecule has 4 nitrogen and oxygen atoms in total. The van der Waals surface area contributed by atoms with E-state index in [2.05, 4.69) is 0 Å². The first-order chi connectivity index (χ1) is 9.59. The molecule has 0 aromatic heterocycles. The average molecular weight is 288 g/mol. The fourth-order valence-electron chi connectivity index (χ4n) is 2.53. The van der Waals surface area contributed by atoms with Crippen LogP contribution in [-0.2, 0) is 16.4 Å². The predicted octanol–water partition coefficient (Wildman–Crippen LogP) is 1.77. The quantitative estimate of drug-likeness (QED) is 0.916. The van der Waals surface area contributed by atoms with Crippen LogP contribution in [-0.4, -0.2) is 21.0 Å². The van der Waals surface area contributed by atoms with E-state index in [4.69, 9.17) is 5.73 Å². The third kappa shape index (κ3) is 2.19. The Labute approximate surface area is 118 Å². The first-order valence-corrected chi connectivity index (χ1v) is 7.94. The van der Waals surface area contributed by atoms with Gasteiger partial charge in [-0.2, -0.15) is 0 Å². The molecular weight excluding hydrogens is 272 g/mol. The second kappa shape index (κ2) is 4.92. The van der Waals surface area contributed by atoms with Gasteiger partial charge in [0, 0.05) is 12.6 Å². The number of rotatable bonds is 2. The van der Waals surface area contributed by atoms with Gasteiger partial charge in [0.25, 0.3) is 10.0 Å². The second-order valence-corrected chi connectivity index (χ2v) is 6.80. The highest BCUT2D eigenvalue weighted by atomic mass is 32.2. The summed E-state index contributed by atoms with van der Waals surface area (Å²) in [5, 5.41) is 0. The van der Waals surface area contributed by atoms with Gasteiger partial charge in [-0.05, 0) is 30.2 Å². The van der Waals surface area contributed by atoms with Crippen LogP contribution < -0.4 is 10.0 Å². The lowest BCUT2D eigenvalue weighted by Gasteiger charge is -2.33. The summed E-state index contributed by atoms with van der Waals surface area (Å²) in [7, 11) is -3.56. The molecular formula is C15H16N2O2S. The molecule has 2 N–H and O–H groups in total. The first-order valence-electron chi connectivity index (χ1n) is 6.50. The Morgan fingerprint density at radius 1 is 1.00 bits per heavy atom. The summed E-state index contributed by atoms with van der Waals surface area (Å²) in [5.74, 6) is 0. The fraction of sp³-hybridized carbons (Fsp3) is 0.200. The van der Waals surface area contributed by atoms with Crippen molar-refractivity contribution in [3.8, 4) is 0 Å². The van der Waals surface area contributed by atoms with Gasteiger partial charge in [0.05, 0.1) is 10.6 Å². The second-order valence-electron chi connectivity index (χ2n) is 4.94. The van der Waals surface area contributed by atoms with Crippen molar-refractivity contribution >= 4 is 15.7 Å². The van der Waals surface area contributed by atoms with Crippen LogP contribution in [0.5, 0.6) is 0 Å². The Kier molecular flexibility index (Phi) is 3.23. The number of hydrogen-bond acceptors (Lipinski definition) is 3. The van der Waals surface area contributed by atoms with Crippen LogP contribution in [0.15, 0.2) is 59.5 Å². The number of benzene rings is 2. The SMILES string of the molecule is NC1Cc2ccccc2N(S(=O)(=O)c2ccccc2)C1. The van der Waals surface area contributed by atoms with E-state index >= 15 is 0 Å². The molecule has 5 heteroatoms. The van der Waals surface area contributed by atoms with Gasteiger partial charge >= 0.3 is 0 Å². The molecule has 1 aliphatic rings. The average Bonchev–Trinajstić information content (AvgIpc) is 2.47. The van der Waals surface area contributed by atoms with Gasteiger partial charge in [-0.15, -0.1) is 0 Å². The third-order valence-corrected chi connectivity index (χ3v) is 5.27. The maximum absolute atomic E-state index is 12.8. The summed E-state index contributed by atoms with van der Waals surface area (Å²) in [6, 6.07) is 15.8. The molecule has 0 spiro atoms. The molecule has 104 valence electrons. The van der Waals surface area contributed by atoms with Gasteiger partial charge < -0.3 is 5.73 Å². The highest BCUT2D eigenvalue weighted by Crippen LogP contribution is 2.31. The summed E-state index contributed by atoms with van der Waals surface area (Å²) in [6.07, 6.45) is 0.705. The van der Waals surface area contributed by atoms with Crippen LogP contribution in [0.25, 0.3) is 0 Å². The molecule has 0 amide bonds. The Bertz CT molecular complexity index is 714. The number of sulfonamides is 1. The van der Waals surface area contributed by atoms with Gasteiger partial charge in [-0.25, -0.2) is 8.42 Å². The van der Waals surface area contributed by atoms with Crippen molar-refractivity contribution in [2.75, 3.05) is 10.8 Å². The zero-order chi connectivity index (χ0) is 14.2. The third-order valence-electron chi connectivity index (χ3n) is 3.47. The molecule has 1 aliphatic heterocycles. The number of hydrogen-bond donors (Lipinski definition) is 1. The van der Waals surface area contributed by atoms with Gasteiger partial charge in [0.1, 0.15) is 0 Å². The lowest BCUT2D eigenvalue weighted by atomic mass is 10.0. The van der Waals surface area contributed by atoms with Crippen molar-refractivity contribution < 1.29 is 8.42 Å². The van der Waals surface area contributed by atoms with Crippen molar-refractivity contribution in [1.82, 2.24) is 0 Å². The van der Waals surface area contributed by atoms with Crippen molar-refractivity contribution in [1.29, 1.82) is 0 Å². The zero-order valence-corrected chi connectivity index (χ0v) is 11.8. The van der Waals surface area contributed by atoms with Crippen LogP contribution >= 0.6 is 0 Å². The van der Waals surface area contributed by atoms with Crippen LogP contribution in [0.2, 0.25) is 0 Å². The maximum Gasteiger partial charge on any atom is 0.264 e. The van der Waals surface area contributed by atoms with E-state index in [-0.39, 0.29) is 6.04 Å². The largest absolute Gasteiger partial charge is 0.326 e. The standard InChI is InChI=1S/C15H16N2O2S/c16-13-10-12-6-4-5-9-15(12)17(11-13)20(18,19)14-7-2-1-3-8-14/h1-9,13H,10-11,16H2. The van der Waals surface area contributed by atoms with E-state index in [0.29, 0.717) is 17.9 Å². The van der Waals surface area contributed by atoms with Gasteiger partial charge in [0.2, 0.25) is 0 Å². The lowest BCUT2D eigenvalue weighted by molar-refractivity contribution is 0.575. The summed E-state index contributed by atoms with van der Waals surface area (Å²) in [6.45, 7) is 0.314. The van der Waals surface area contributed by atoms with Crippen LogP contribution in [0, 0.1) is 0 Å². The maximum atomic E-state index is 12.8. The van der Waals surface area contributed by atoms with Gasteiger partial charge in [0.15, 0.2) is 0 Å². The molecule has 1 unspecified atom stereocenters. The molecule has 0 radical (unpaired) electrons. The van der Waals surface area contributed by atoms with Crippen molar-refractivity contribution in [3.63, 3.8) is 0 Å². The highest BCUT2D eigenvalue weighted by molar-refractivity contribution is 7.92. The summed E-state index contributed by atoms with van der Waals surface area (Å²) in [4.78, 5) is 0.295. The Morgan fingerprint density at radius 2 is 1.65 bits per heavy atom. The van der Waals surface area contributed by atoms with E-state index in [9.17, 15) is 8.42 Å². The summed E-state index contributed by atoms with van der Waals surface area (Å²) < 4.78 is 27.0. The molecule has 1 atom stereocenters. The molecule has 1 heterocycles. The normalized spacial score (nSPS) is 18.6. The Balaban J connectivity index is 2.11. The van der Waals surface area contributed by atoms with Crippen molar-refractivity contribution in [2.24, 2.45) is 5.73 Å². The fourth-order valence-corrected chi connectivity index (χ4v) is 4.11. The molecule has 0 fully saturated rings. The van der Waals surface area contributed by atoms with Crippen molar-refractivity contribution in [3.05, 3.63) is 60.2 Å². The summed E-state index contributed by atoms with van der Waals surface area (Å²) in [5.41, 5.74) is 7.72. The smallest absolute Gasteiger partial charge is 0.264 e. The van der Waals surface area contributed by atoms with Crippen LogP contribution in [0.4, 0.5) is 5.69 Å².